The van der Waals surface area contributed by atoms with Gasteiger partial charge >= 0.3 is 0 Å². The van der Waals surface area contributed by atoms with Crippen molar-refractivity contribution < 1.29 is 33.4 Å². The number of nitrogens with zero attached hydrogens (tertiary/aromatic N) is 1. The van der Waals surface area contributed by atoms with Crippen LogP contribution in [0.3, 0.4) is 0 Å². The van der Waals surface area contributed by atoms with Gasteiger partial charge in [0.1, 0.15) is 10.2 Å². The normalized spacial score (nSPS) is 19.1. The SMILES string of the molecule is O=C1CSC(=S)N1O[Cl+3]([O-])([O-])[O-]. The van der Waals surface area contributed by atoms with Crippen molar-refractivity contribution in [3.63, 3.8) is 0 Å². The minimum Gasteiger partial charge on any atom is -0.271 e. The van der Waals surface area contributed by atoms with Crippen LogP contribution in [0.15, 0.2) is 0 Å². The zero-order valence-electron chi connectivity index (χ0n) is 5.39. The van der Waals surface area contributed by atoms with Gasteiger partial charge in [0.25, 0.3) is 5.91 Å². The third-order valence-electron chi connectivity index (χ3n) is 0.865. The van der Waals surface area contributed by atoms with Gasteiger partial charge < -0.3 is 0 Å². The molecule has 1 aliphatic rings. The molecule has 0 atom stereocenters. The molecule has 68 valence electrons. The van der Waals surface area contributed by atoms with E-state index in [0.29, 0.717) is 5.06 Å². The first-order chi connectivity index (χ1) is 5.40. The molecule has 6 nitrogen and oxygen atoms in total. The lowest BCUT2D eigenvalue weighted by Gasteiger charge is -2.14. The average molecular weight is 232 g/mol. The van der Waals surface area contributed by atoms with Gasteiger partial charge in [0.2, 0.25) is 4.39 Å². The standard InChI is InChI=1S/C3H2ClNO5S2/c6-2-1-12-3(11)5(2)10-4(7,8)9/h1H2. The Morgan fingerprint density at radius 3 is 2.50 bits per heavy atom. The molecule has 1 heterocycles. The molecular weight excluding hydrogens is 230 g/mol. The molecule has 0 aromatic heterocycles. The summed E-state index contributed by atoms with van der Waals surface area (Å²) >= 11 is 5.45. The number of rotatable bonds is 2. The quantitative estimate of drug-likeness (QED) is 0.459. The van der Waals surface area contributed by atoms with E-state index in [2.05, 4.69) is 16.6 Å². The van der Waals surface area contributed by atoms with Crippen molar-refractivity contribution in [2.75, 3.05) is 5.75 Å². The smallest absolute Gasteiger partial charge is 0.271 e. The van der Waals surface area contributed by atoms with Crippen LogP contribution in [0.25, 0.3) is 0 Å². The van der Waals surface area contributed by atoms with Crippen molar-refractivity contribution >= 4 is 34.2 Å². The summed E-state index contributed by atoms with van der Waals surface area (Å²) in [4.78, 5) is 10.7. The van der Waals surface area contributed by atoms with Gasteiger partial charge in [-0.05, 0) is 17.3 Å². The van der Waals surface area contributed by atoms with Crippen molar-refractivity contribution in [1.82, 2.24) is 5.06 Å². The lowest BCUT2D eigenvalue weighted by atomic mass is 10.7. The summed E-state index contributed by atoms with van der Waals surface area (Å²) in [5.74, 6) is -0.666. The van der Waals surface area contributed by atoms with Crippen LogP contribution in [0.1, 0.15) is 0 Å². The number of thioether (sulfide) groups is 1. The number of thiocarbonyl (C=S) groups is 1. The highest BCUT2D eigenvalue weighted by molar-refractivity contribution is 8.23. The molecule has 0 aromatic carbocycles. The molecule has 0 bridgehead atoms. The predicted molar refractivity (Wildman–Crippen MR) is 33.0 cm³/mol. The summed E-state index contributed by atoms with van der Waals surface area (Å²) in [6, 6.07) is 0. The Kier molecular flexibility index (Phi) is 2.88. The highest BCUT2D eigenvalue weighted by atomic mass is 35.7. The van der Waals surface area contributed by atoms with Crippen molar-refractivity contribution in [2.45, 2.75) is 0 Å². The summed E-state index contributed by atoms with van der Waals surface area (Å²) in [7, 11) is -4.65. The molecule has 0 N–H and O–H groups in total. The molecule has 9 heteroatoms. The molecule has 0 radical (unpaired) electrons. The molecule has 1 rings (SSSR count). The van der Waals surface area contributed by atoms with Crippen LogP contribution >= 0.6 is 24.0 Å². The van der Waals surface area contributed by atoms with Crippen LogP contribution in [0, 0.1) is 10.2 Å². The van der Waals surface area contributed by atoms with Gasteiger partial charge in [0.05, 0.1) is 5.75 Å². The summed E-state index contributed by atoms with van der Waals surface area (Å²) in [5.41, 5.74) is 0. The van der Waals surface area contributed by atoms with E-state index in [1.54, 1.807) is 0 Å². The van der Waals surface area contributed by atoms with Crippen molar-refractivity contribution in [2.24, 2.45) is 0 Å². The Hall–Kier alpha value is 0.0400. The van der Waals surface area contributed by atoms with Crippen LogP contribution in [-0.4, -0.2) is 21.0 Å². The maximum atomic E-state index is 10.7. The fourth-order valence-electron chi connectivity index (χ4n) is 0.494. The molecule has 0 spiro atoms. The number of hydrogen-bond acceptors (Lipinski definition) is 7. The number of carbonyl (C=O) groups excluding carboxylic acids is 1. The predicted octanol–water partition coefficient (Wildman–Crippen LogP) is -3.32. The first-order valence-corrected chi connectivity index (χ1v) is 5.13. The largest absolute Gasteiger partial charge is 0.276 e. The number of hydrogen-bond donors (Lipinski definition) is 0. The Bertz CT molecular complexity index is 211. The summed E-state index contributed by atoms with van der Waals surface area (Å²) in [5, 5.41) is 0.296. The maximum absolute atomic E-state index is 10.7. The number of hydroxylamine groups is 2. The van der Waals surface area contributed by atoms with E-state index in [0.717, 1.165) is 11.8 Å². The average Bonchev–Trinajstić information content (AvgIpc) is 2.16. The van der Waals surface area contributed by atoms with Gasteiger partial charge in [-0.25, -0.2) is 0 Å². The van der Waals surface area contributed by atoms with Crippen molar-refractivity contribution in [1.29, 1.82) is 0 Å². The van der Waals surface area contributed by atoms with Gasteiger partial charge in [-0.15, -0.1) is 0 Å². The van der Waals surface area contributed by atoms with E-state index in [1.165, 1.54) is 0 Å². The second-order valence-corrected chi connectivity index (χ2v) is 4.19. The molecule has 1 amide bonds. The van der Waals surface area contributed by atoms with Crippen LogP contribution in [0.5, 0.6) is 0 Å². The van der Waals surface area contributed by atoms with Crippen molar-refractivity contribution in [3.8, 4) is 0 Å². The molecule has 1 aliphatic heterocycles. The lowest BCUT2D eigenvalue weighted by molar-refractivity contribution is -1.92. The van der Waals surface area contributed by atoms with Crippen LogP contribution in [-0.2, 0) is 9.18 Å². The second-order valence-electron chi connectivity index (χ2n) is 1.69. The number of amides is 1. The maximum Gasteiger partial charge on any atom is 0.276 e. The molecule has 1 saturated heterocycles. The third-order valence-corrected chi connectivity index (χ3v) is 2.50. The topological polar surface area (TPSA) is 98.7 Å². The van der Waals surface area contributed by atoms with Crippen LogP contribution in [0.2, 0.25) is 0 Å². The number of carbonyl (C=O) groups is 1. The van der Waals surface area contributed by atoms with Gasteiger partial charge in [0.15, 0.2) is 4.32 Å². The summed E-state index contributed by atoms with van der Waals surface area (Å²) in [6.45, 7) is 0. The third kappa shape index (κ3) is 2.52. The zero-order valence-corrected chi connectivity index (χ0v) is 7.78. The van der Waals surface area contributed by atoms with Crippen LogP contribution in [0.4, 0.5) is 0 Å². The fraction of sp³-hybridized carbons (Fsp3) is 0.333. The molecular formula is C3H2ClNO5S2. The fourth-order valence-corrected chi connectivity index (χ4v) is 1.83. The molecule has 0 unspecified atom stereocenters. The highest BCUT2D eigenvalue weighted by Crippen LogP contribution is 2.20. The highest BCUT2D eigenvalue weighted by Gasteiger charge is 2.39. The van der Waals surface area contributed by atoms with Gasteiger partial charge in [-0.2, -0.15) is 14.0 Å². The van der Waals surface area contributed by atoms with Crippen molar-refractivity contribution in [3.05, 3.63) is 0 Å². The second kappa shape index (κ2) is 3.42. The zero-order chi connectivity index (χ0) is 9.35. The molecule has 1 fully saturated rings. The van der Waals surface area contributed by atoms with E-state index in [1.807, 2.05) is 0 Å². The summed E-state index contributed by atoms with van der Waals surface area (Å²) < 4.78 is 33.7. The van der Waals surface area contributed by atoms with Gasteiger partial charge in [0, 0.05) is 0 Å². The Labute approximate surface area is 78.8 Å². The van der Waals surface area contributed by atoms with E-state index in [4.69, 9.17) is 0 Å². The first-order valence-electron chi connectivity index (χ1n) is 2.50. The van der Waals surface area contributed by atoms with Gasteiger partial charge in [-0.3, -0.25) is 4.79 Å². The first kappa shape index (κ1) is 10.1. The molecule has 0 aliphatic carbocycles. The number of halogens is 1. The summed E-state index contributed by atoms with van der Waals surface area (Å²) in [6.07, 6.45) is 0. The minimum atomic E-state index is -4.65. The van der Waals surface area contributed by atoms with E-state index in [9.17, 15) is 18.8 Å². The Balaban J connectivity index is 2.62. The molecule has 0 aromatic rings. The Morgan fingerprint density at radius 2 is 2.17 bits per heavy atom. The molecule has 12 heavy (non-hydrogen) atoms. The van der Waals surface area contributed by atoms with Crippen LogP contribution < -0.4 is 14.0 Å². The Morgan fingerprint density at radius 1 is 1.58 bits per heavy atom. The monoisotopic (exact) mass is 231 g/mol. The van der Waals surface area contributed by atoms with E-state index >= 15 is 0 Å². The minimum absolute atomic E-state index is 0.0100. The van der Waals surface area contributed by atoms with Gasteiger partial charge in [-0.1, -0.05) is 11.8 Å². The molecule has 0 saturated carbocycles. The lowest BCUT2D eigenvalue weighted by Crippen LogP contribution is -2.63. The van der Waals surface area contributed by atoms with E-state index in [-0.39, 0.29) is 10.1 Å². The van der Waals surface area contributed by atoms with E-state index < -0.39 is 16.2 Å².